The van der Waals surface area contributed by atoms with Crippen LogP contribution in [0.3, 0.4) is 0 Å². The Labute approximate surface area is 142 Å². The number of ether oxygens (including phenoxy) is 1. The van der Waals surface area contributed by atoms with Gasteiger partial charge >= 0.3 is 5.97 Å². The van der Waals surface area contributed by atoms with Gasteiger partial charge in [-0.3, -0.25) is 4.79 Å². The van der Waals surface area contributed by atoms with E-state index in [2.05, 4.69) is 33.9 Å². The van der Waals surface area contributed by atoms with Gasteiger partial charge in [0.05, 0.1) is 12.2 Å². The Kier molecular flexibility index (Phi) is 8.42. The van der Waals surface area contributed by atoms with E-state index in [1.807, 2.05) is 26.0 Å². The number of carbonyl (C=O) groups excluding carboxylic acids is 2. The molecule has 0 bridgehead atoms. The predicted octanol–water partition coefficient (Wildman–Crippen LogP) is 4.50. The molecule has 0 saturated heterocycles. The van der Waals surface area contributed by atoms with E-state index in [0.29, 0.717) is 0 Å². The van der Waals surface area contributed by atoms with E-state index in [0.717, 1.165) is 0 Å². The molecule has 0 aliphatic carbocycles. The lowest BCUT2D eigenvalue weighted by Crippen LogP contribution is -2.45. The molecule has 0 heterocycles. The number of rotatable bonds is 8. The van der Waals surface area contributed by atoms with Gasteiger partial charge in [0.2, 0.25) is 5.78 Å². The van der Waals surface area contributed by atoms with E-state index >= 15 is 0 Å². The third-order valence-corrected chi connectivity index (χ3v) is 8.73. The molecule has 0 aliphatic heterocycles. The summed E-state index contributed by atoms with van der Waals surface area (Å²) in [6.07, 6.45) is 3.60. The smallest absolute Gasteiger partial charge is 0.374 e. The van der Waals surface area contributed by atoms with Crippen LogP contribution in [0.1, 0.15) is 54.9 Å². The molecule has 23 heavy (non-hydrogen) atoms. The molecule has 0 radical (unpaired) electrons. The zero-order valence-corrected chi connectivity index (χ0v) is 17.2. The average molecular weight is 343 g/mol. The molecular weight excluding hydrogens is 308 g/mol. The topological polar surface area (TPSA) is 52.6 Å². The summed E-state index contributed by atoms with van der Waals surface area (Å²) in [6.45, 7) is 18.3. The molecule has 0 spiro atoms. The molecule has 0 saturated carbocycles. The van der Waals surface area contributed by atoms with Crippen molar-refractivity contribution in [1.82, 2.24) is 0 Å². The lowest BCUT2D eigenvalue weighted by Gasteiger charge is -2.40. The van der Waals surface area contributed by atoms with E-state index in [9.17, 15) is 9.59 Å². The first kappa shape index (κ1) is 22.1. The molecule has 5 heteroatoms. The second kappa shape index (κ2) is 8.78. The van der Waals surface area contributed by atoms with Crippen LogP contribution in [-0.4, -0.2) is 32.3 Å². The number of hydrogen-bond donors (Lipinski definition) is 0. The van der Waals surface area contributed by atoms with Crippen molar-refractivity contribution in [3.05, 3.63) is 12.2 Å². The molecule has 2 atom stereocenters. The highest BCUT2D eigenvalue weighted by atomic mass is 28.4. The zero-order chi connectivity index (χ0) is 18.4. The van der Waals surface area contributed by atoms with Crippen molar-refractivity contribution < 1.29 is 18.8 Å². The molecule has 0 aliphatic rings. The van der Waals surface area contributed by atoms with Gasteiger partial charge < -0.3 is 9.16 Å². The van der Waals surface area contributed by atoms with Crippen LogP contribution in [0.2, 0.25) is 18.1 Å². The summed E-state index contributed by atoms with van der Waals surface area (Å²) in [5.74, 6) is -1.31. The van der Waals surface area contributed by atoms with Gasteiger partial charge in [-0.15, -0.1) is 0 Å². The highest BCUT2D eigenvalue weighted by Crippen LogP contribution is 2.38. The third-order valence-electron chi connectivity index (χ3n) is 4.26. The summed E-state index contributed by atoms with van der Waals surface area (Å²) in [6, 6.07) is 0. The molecule has 0 unspecified atom stereocenters. The van der Waals surface area contributed by atoms with Crippen LogP contribution in [0.25, 0.3) is 0 Å². The van der Waals surface area contributed by atoms with Gasteiger partial charge in [0.15, 0.2) is 8.32 Å². The fourth-order valence-electron chi connectivity index (χ4n) is 1.82. The monoisotopic (exact) mass is 342 g/mol. The Morgan fingerprint density at radius 1 is 1.13 bits per heavy atom. The summed E-state index contributed by atoms with van der Waals surface area (Å²) in [5, 5.41) is 0.0904. The zero-order valence-electron chi connectivity index (χ0n) is 16.2. The molecule has 134 valence electrons. The molecular formula is C18H34O4Si. The largest absolute Gasteiger partial charge is 0.457 e. The van der Waals surface area contributed by atoms with E-state index in [1.165, 1.54) is 0 Å². The van der Waals surface area contributed by atoms with Crippen molar-refractivity contribution in [2.45, 2.75) is 85.2 Å². The first-order chi connectivity index (χ1) is 10.3. The van der Waals surface area contributed by atoms with Crippen molar-refractivity contribution in [1.29, 1.82) is 0 Å². The minimum Gasteiger partial charge on any atom is -0.457 e. The summed E-state index contributed by atoms with van der Waals surface area (Å²) in [5.41, 5.74) is 0. The Morgan fingerprint density at radius 3 is 2.04 bits per heavy atom. The lowest BCUT2D eigenvalue weighted by atomic mass is 9.98. The first-order valence-corrected chi connectivity index (χ1v) is 11.3. The van der Waals surface area contributed by atoms with Gasteiger partial charge in [-0.25, -0.2) is 4.79 Å². The Hall–Kier alpha value is -0.943. The maximum atomic E-state index is 12.0. The highest BCUT2D eigenvalue weighted by molar-refractivity contribution is 6.74. The van der Waals surface area contributed by atoms with E-state index < -0.39 is 20.1 Å². The number of carbonyl (C=O) groups is 2. The summed E-state index contributed by atoms with van der Waals surface area (Å²) < 4.78 is 11.4. The molecule has 0 rings (SSSR count). The van der Waals surface area contributed by atoms with Crippen LogP contribution in [0.5, 0.6) is 0 Å². The molecule has 0 fully saturated rings. The van der Waals surface area contributed by atoms with Gasteiger partial charge in [-0.05, 0) is 44.8 Å². The van der Waals surface area contributed by atoms with Crippen molar-refractivity contribution >= 4 is 20.1 Å². The minimum absolute atomic E-state index is 0.0764. The van der Waals surface area contributed by atoms with Crippen LogP contribution in [-0.2, 0) is 18.8 Å². The van der Waals surface area contributed by atoms with Crippen molar-refractivity contribution in [2.24, 2.45) is 5.92 Å². The van der Waals surface area contributed by atoms with Gasteiger partial charge in [-0.1, -0.05) is 39.8 Å². The number of Topliss-reactive ketones (excluding diaryl/α,β-unsaturated/α-hetero) is 1. The van der Waals surface area contributed by atoms with Crippen LogP contribution in [0, 0.1) is 5.92 Å². The predicted molar refractivity (Wildman–Crippen MR) is 96.9 cm³/mol. The van der Waals surface area contributed by atoms with Crippen molar-refractivity contribution in [3.63, 3.8) is 0 Å². The number of esters is 1. The maximum absolute atomic E-state index is 12.0. The van der Waals surface area contributed by atoms with Crippen LogP contribution in [0.4, 0.5) is 0 Å². The van der Waals surface area contributed by atoms with Crippen LogP contribution >= 0.6 is 0 Å². The second-order valence-electron chi connectivity index (χ2n) is 7.93. The van der Waals surface area contributed by atoms with Crippen LogP contribution in [0.15, 0.2) is 12.2 Å². The van der Waals surface area contributed by atoms with Gasteiger partial charge in [0.1, 0.15) is 0 Å². The average Bonchev–Trinajstić information content (AvgIpc) is 2.35. The van der Waals surface area contributed by atoms with E-state index in [1.54, 1.807) is 13.8 Å². The molecule has 0 aromatic heterocycles. The third kappa shape index (κ3) is 7.44. The van der Waals surface area contributed by atoms with Gasteiger partial charge in [-0.2, -0.15) is 0 Å². The SMILES string of the molecule is C/C=C/[C@H](O[Si](C)(C)C(C)(C)C)[C@@H](C)CC(=O)C(=O)OC(C)C. The van der Waals surface area contributed by atoms with Crippen LogP contribution < -0.4 is 0 Å². The summed E-state index contributed by atoms with van der Waals surface area (Å²) in [4.78, 5) is 23.7. The van der Waals surface area contributed by atoms with Crippen molar-refractivity contribution in [3.8, 4) is 0 Å². The Bertz CT molecular complexity index is 433. The van der Waals surface area contributed by atoms with E-state index in [4.69, 9.17) is 9.16 Å². The number of ketones is 1. The normalized spacial score (nSPS) is 15.7. The highest BCUT2D eigenvalue weighted by Gasteiger charge is 2.40. The summed E-state index contributed by atoms with van der Waals surface area (Å²) in [7, 11) is -1.95. The second-order valence-corrected chi connectivity index (χ2v) is 12.7. The Morgan fingerprint density at radius 2 is 1.65 bits per heavy atom. The fourth-order valence-corrected chi connectivity index (χ4v) is 3.17. The minimum atomic E-state index is -1.95. The number of hydrogen-bond acceptors (Lipinski definition) is 4. The lowest BCUT2D eigenvalue weighted by molar-refractivity contribution is -0.157. The first-order valence-electron chi connectivity index (χ1n) is 8.36. The Balaban J connectivity index is 4.98. The van der Waals surface area contributed by atoms with Gasteiger partial charge in [0, 0.05) is 6.42 Å². The van der Waals surface area contributed by atoms with E-state index in [-0.39, 0.29) is 29.6 Å². The maximum Gasteiger partial charge on any atom is 0.374 e. The fraction of sp³-hybridized carbons (Fsp3) is 0.778. The van der Waals surface area contributed by atoms with Gasteiger partial charge in [0.25, 0.3) is 0 Å². The molecule has 0 aromatic carbocycles. The molecule has 4 nitrogen and oxygen atoms in total. The molecule has 0 aromatic rings. The summed E-state index contributed by atoms with van der Waals surface area (Å²) >= 11 is 0. The molecule has 0 amide bonds. The number of allylic oxidation sites excluding steroid dienone is 1. The quantitative estimate of drug-likeness (QED) is 0.282. The molecule has 0 N–H and O–H groups in total. The standard InChI is InChI=1S/C18H34O4Si/c1-10-11-16(22-23(8,9)18(5,6)7)14(4)12-15(19)17(20)21-13(2)3/h10-11,13-14,16H,12H2,1-9H3/b11-10+/t14-,16-/m0/s1. The van der Waals surface area contributed by atoms with Crippen molar-refractivity contribution in [2.75, 3.05) is 0 Å².